The number of carbonyl (C=O) groups excluding carboxylic acids is 1. The normalized spacial score (nSPS) is 28.0. The highest BCUT2D eigenvalue weighted by atomic mass is 19.1. The summed E-state index contributed by atoms with van der Waals surface area (Å²) >= 11 is 0. The van der Waals surface area contributed by atoms with Gasteiger partial charge in [-0.3, -0.25) is 4.79 Å². The molecule has 0 aliphatic carbocycles. The highest BCUT2D eigenvalue weighted by Crippen LogP contribution is 2.38. The molecule has 0 radical (unpaired) electrons. The van der Waals surface area contributed by atoms with Crippen molar-refractivity contribution in [3.05, 3.63) is 48.0 Å². The maximum absolute atomic E-state index is 13.7. The summed E-state index contributed by atoms with van der Waals surface area (Å²) in [5.74, 6) is 0.0752. The number of amides is 1. The number of hydrogen-bond acceptors (Lipinski definition) is 1. The third-order valence-corrected chi connectivity index (χ3v) is 4.93. The Morgan fingerprint density at radius 2 is 1.67 bits per heavy atom. The number of nitrogens with zero attached hydrogens (tertiary/aromatic N) is 1. The van der Waals surface area contributed by atoms with Crippen molar-refractivity contribution >= 4 is 16.7 Å². The topological polar surface area (TPSA) is 20.3 Å². The van der Waals surface area contributed by atoms with Gasteiger partial charge >= 0.3 is 0 Å². The van der Waals surface area contributed by atoms with E-state index in [1.165, 1.54) is 0 Å². The Bertz CT molecular complexity index is 679. The summed E-state index contributed by atoms with van der Waals surface area (Å²) in [6, 6.07) is 14.0. The van der Waals surface area contributed by atoms with Gasteiger partial charge in [0, 0.05) is 17.6 Å². The number of carbonyl (C=O) groups is 1. The van der Waals surface area contributed by atoms with Crippen molar-refractivity contribution in [1.82, 2.24) is 4.90 Å². The number of hydrogen-bond donors (Lipinski definition) is 0. The molecule has 2 saturated heterocycles. The number of halogens is 1. The van der Waals surface area contributed by atoms with Crippen LogP contribution in [-0.4, -0.2) is 29.1 Å². The molecule has 2 bridgehead atoms. The predicted molar refractivity (Wildman–Crippen MR) is 81.1 cm³/mol. The molecule has 2 aliphatic rings. The Balaban J connectivity index is 1.74. The molecule has 2 aromatic rings. The minimum Gasteiger partial charge on any atom is -0.332 e. The summed E-state index contributed by atoms with van der Waals surface area (Å²) in [7, 11) is 0. The zero-order chi connectivity index (χ0) is 14.4. The van der Waals surface area contributed by atoms with Gasteiger partial charge in [-0.05, 0) is 42.5 Å². The smallest absolute Gasteiger partial charge is 0.254 e. The van der Waals surface area contributed by atoms with Gasteiger partial charge in [-0.15, -0.1) is 0 Å². The van der Waals surface area contributed by atoms with Crippen molar-refractivity contribution < 1.29 is 9.18 Å². The van der Waals surface area contributed by atoms with E-state index in [2.05, 4.69) is 0 Å². The number of alkyl halides is 1. The van der Waals surface area contributed by atoms with Crippen LogP contribution in [0.25, 0.3) is 10.8 Å². The Kier molecular flexibility index (Phi) is 2.95. The maximum Gasteiger partial charge on any atom is 0.254 e. The van der Waals surface area contributed by atoms with Gasteiger partial charge in [0.25, 0.3) is 5.91 Å². The minimum atomic E-state index is -0.737. The lowest BCUT2D eigenvalue weighted by atomic mass is 9.98. The summed E-state index contributed by atoms with van der Waals surface area (Å²) in [5.41, 5.74) is 0.752. The van der Waals surface area contributed by atoms with Crippen LogP contribution in [0.2, 0.25) is 0 Å². The van der Waals surface area contributed by atoms with Crippen LogP contribution in [0.15, 0.2) is 42.5 Å². The van der Waals surface area contributed by atoms with Gasteiger partial charge in [-0.2, -0.15) is 0 Å². The van der Waals surface area contributed by atoms with E-state index in [1.54, 1.807) is 0 Å². The Labute approximate surface area is 123 Å². The van der Waals surface area contributed by atoms with Gasteiger partial charge in [0.05, 0.1) is 0 Å². The lowest BCUT2D eigenvalue weighted by Crippen LogP contribution is -2.47. The number of benzene rings is 2. The van der Waals surface area contributed by atoms with Crippen molar-refractivity contribution in [3.8, 4) is 0 Å². The second-order valence-electron chi connectivity index (χ2n) is 6.19. The van der Waals surface area contributed by atoms with Gasteiger partial charge < -0.3 is 4.90 Å². The zero-order valence-corrected chi connectivity index (χ0v) is 11.8. The third-order valence-electron chi connectivity index (χ3n) is 4.93. The molecule has 21 heavy (non-hydrogen) atoms. The highest BCUT2D eigenvalue weighted by Gasteiger charge is 2.43. The quantitative estimate of drug-likeness (QED) is 0.776. The zero-order valence-electron chi connectivity index (χ0n) is 11.8. The summed E-state index contributed by atoms with van der Waals surface area (Å²) in [6.07, 6.45) is 2.17. The standard InChI is InChI=1S/C18H18FNO/c19-13-10-14-8-9-15(11-13)20(14)18(21)17-7-3-5-12-4-1-2-6-16(12)17/h1-7,13-15H,8-11H2. The fraction of sp³-hybridized carbons (Fsp3) is 0.389. The molecule has 0 N–H and O–H groups in total. The first-order valence-corrected chi connectivity index (χ1v) is 7.68. The van der Waals surface area contributed by atoms with E-state index < -0.39 is 6.17 Å². The maximum atomic E-state index is 13.7. The SMILES string of the molecule is O=C(c1cccc2ccccc12)N1C2CCC1CC(F)C2. The summed E-state index contributed by atoms with van der Waals surface area (Å²) in [4.78, 5) is 14.9. The van der Waals surface area contributed by atoms with Gasteiger partial charge in [0.1, 0.15) is 6.17 Å². The van der Waals surface area contributed by atoms with Crippen LogP contribution in [0.4, 0.5) is 4.39 Å². The molecule has 0 spiro atoms. The van der Waals surface area contributed by atoms with Crippen LogP contribution in [-0.2, 0) is 0 Å². The van der Waals surface area contributed by atoms with E-state index in [0.29, 0.717) is 12.8 Å². The highest BCUT2D eigenvalue weighted by molar-refractivity contribution is 6.07. The number of piperidine rings is 1. The third kappa shape index (κ3) is 2.03. The Morgan fingerprint density at radius 3 is 2.43 bits per heavy atom. The van der Waals surface area contributed by atoms with Crippen LogP contribution >= 0.6 is 0 Å². The molecule has 2 nitrogen and oxygen atoms in total. The van der Waals surface area contributed by atoms with Crippen molar-refractivity contribution in [2.45, 2.75) is 43.9 Å². The molecule has 3 heteroatoms. The van der Waals surface area contributed by atoms with Crippen molar-refractivity contribution in [1.29, 1.82) is 0 Å². The first kappa shape index (κ1) is 12.8. The lowest BCUT2D eigenvalue weighted by Gasteiger charge is -2.36. The largest absolute Gasteiger partial charge is 0.332 e. The van der Waals surface area contributed by atoms with Crippen LogP contribution < -0.4 is 0 Å². The second-order valence-corrected chi connectivity index (χ2v) is 6.19. The molecule has 0 aromatic heterocycles. The molecule has 2 heterocycles. The first-order chi connectivity index (χ1) is 10.2. The molecular formula is C18H18FNO. The van der Waals surface area contributed by atoms with Crippen molar-refractivity contribution in [2.75, 3.05) is 0 Å². The minimum absolute atomic E-state index is 0.0752. The molecule has 0 saturated carbocycles. The van der Waals surface area contributed by atoms with Gasteiger partial charge in [-0.25, -0.2) is 4.39 Å². The second kappa shape index (κ2) is 4.83. The van der Waals surface area contributed by atoms with Crippen LogP contribution in [0.5, 0.6) is 0 Å². The van der Waals surface area contributed by atoms with Crippen LogP contribution in [0.3, 0.4) is 0 Å². The number of rotatable bonds is 1. The lowest BCUT2D eigenvalue weighted by molar-refractivity contribution is 0.0481. The molecule has 4 rings (SSSR count). The summed E-state index contributed by atoms with van der Waals surface area (Å²) < 4.78 is 13.7. The van der Waals surface area contributed by atoms with Crippen molar-refractivity contribution in [2.24, 2.45) is 0 Å². The first-order valence-electron chi connectivity index (χ1n) is 7.68. The molecule has 2 unspecified atom stereocenters. The van der Waals surface area contributed by atoms with Crippen LogP contribution in [0, 0.1) is 0 Å². The van der Waals surface area contributed by atoms with E-state index in [1.807, 2.05) is 47.4 Å². The monoisotopic (exact) mass is 283 g/mol. The predicted octanol–water partition coefficient (Wildman–Crippen LogP) is 3.94. The molecule has 2 atom stereocenters. The molecule has 108 valence electrons. The molecular weight excluding hydrogens is 265 g/mol. The fourth-order valence-electron chi connectivity index (χ4n) is 3.99. The molecule has 2 aliphatic heterocycles. The fourth-order valence-corrected chi connectivity index (χ4v) is 3.99. The Morgan fingerprint density at radius 1 is 1.00 bits per heavy atom. The molecule has 1 amide bonds. The molecule has 2 aromatic carbocycles. The van der Waals surface area contributed by atoms with E-state index in [9.17, 15) is 9.18 Å². The van der Waals surface area contributed by atoms with Crippen molar-refractivity contribution in [3.63, 3.8) is 0 Å². The van der Waals surface area contributed by atoms with Gasteiger partial charge in [-0.1, -0.05) is 36.4 Å². The summed E-state index contributed by atoms with van der Waals surface area (Å²) in [5, 5.41) is 2.07. The average Bonchev–Trinajstić information content (AvgIpc) is 2.78. The van der Waals surface area contributed by atoms with E-state index in [4.69, 9.17) is 0 Å². The van der Waals surface area contributed by atoms with Gasteiger partial charge in [0.15, 0.2) is 0 Å². The van der Waals surface area contributed by atoms with Crippen LogP contribution in [0.1, 0.15) is 36.0 Å². The molecule has 2 fully saturated rings. The van der Waals surface area contributed by atoms with E-state index in [0.717, 1.165) is 29.2 Å². The number of fused-ring (bicyclic) bond motifs is 3. The average molecular weight is 283 g/mol. The van der Waals surface area contributed by atoms with Gasteiger partial charge in [0.2, 0.25) is 0 Å². The van der Waals surface area contributed by atoms with E-state index in [-0.39, 0.29) is 18.0 Å². The van der Waals surface area contributed by atoms with E-state index >= 15 is 0 Å². The Hall–Kier alpha value is -1.90. The summed E-state index contributed by atoms with van der Waals surface area (Å²) in [6.45, 7) is 0.